The van der Waals surface area contributed by atoms with Crippen LogP contribution in [0.3, 0.4) is 0 Å². The number of hydrogen-bond acceptors (Lipinski definition) is 4. The van der Waals surface area contributed by atoms with E-state index in [1.54, 1.807) is 0 Å². The van der Waals surface area contributed by atoms with E-state index >= 15 is 0 Å². The molecule has 4 atom stereocenters. The average Bonchev–Trinajstić information content (AvgIpc) is 2.59. The Morgan fingerprint density at radius 2 is 2.17 bits per heavy atom. The molecule has 0 saturated carbocycles. The van der Waals surface area contributed by atoms with E-state index in [1.165, 1.54) is 0 Å². The molecule has 4 nitrogen and oxygen atoms in total. The molecule has 3 aliphatic heterocycles. The van der Waals surface area contributed by atoms with Gasteiger partial charge in [-0.15, -0.1) is 0 Å². The maximum Gasteiger partial charge on any atom is 0.190 e. The number of rotatable bonds is 0. The highest BCUT2D eigenvalue weighted by Gasteiger charge is 2.53. The highest BCUT2D eigenvalue weighted by Crippen LogP contribution is 2.39. The molecule has 4 unspecified atom stereocenters. The molecule has 0 aromatic heterocycles. The summed E-state index contributed by atoms with van der Waals surface area (Å²) in [4.78, 5) is 0. The summed E-state index contributed by atoms with van der Waals surface area (Å²) in [5, 5.41) is 0. The fourth-order valence-electron chi connectivity index (χ4n) is 1.96. The van der Waals surface area contributed by atoms with Crippen molar-refractivity contribution in [2.75, 3.05) is 6.79 Å². The van der Waals surface area contributed by atoms with Crippen molar-refractivity contribution in [1.82, 2.24) is 0 Å². The molecule has 0 aliphatic carbocycles. The minimum atomic E-state index is -0.215. The van der Waals surface area contributed by atoms with Crippen LogP contribution in [0.15, 0.2) is 12.3 Å². The summed E-state index contributed by atoms with van der Waals surface area (Å²) < 4.78 is 21.5. The lowest BCUT2D eigenvalue weighted by Crippen LogP contribution is -2.29. The minimum absolute atomic E-state index is 0.00463. The van der Waals surface area contributed by atoms with Gasteiger partial charge >= 0.3 is 0 Å². The van der Waals surface area contributed by atoms with Gasteiger partial charge in [0.15, 0.2) is 25.3 Å². The van der Waals surface area contributed by atoms with Gasteiger partial charge in [-0.25, -0.2) is 0 Å². The number of fused-ring (bicyclic) bond motifs is 3. The molecule has 4 heteroatoms. The lowest BCUT2D eigenvalue weighted by atomic mass is 10.1. The van der Waals surface area contributed by atoms with Gasteiger partial charge in [-0.05, 0) is 0 Å². The first-order chi connectivity index (χ1) is 5.84. The third-order valence-electron chi connectivity index (χ3n) is 2.49. The van der Waals surface area contributed by atoms with Crippen LogP contribution in [0.1, 0.15) is 6.42 Å². The van der Waals surface area contributed by atoms with Gasteiger partial charge in [0.2, 0.25) is 0 Å². The molecule has 3 heterocycles. The summed E-state index contributed by atoms with van der Waals surface area (Å²) >= 11 is 0. The minimum Gasteiger partial charge on any atom is -0.490 e. The molecule has 3 saturated heterocycles. The molecule has 0 bridgehead atoms. The quantitative estimate of drug-likeness (QED) is 0.527. The van der Waals surface area contributed by atoms with E-state index in [4.69, 9.17) is 18.9 Å². The normalized spacial score (nSPS) is 50.5. The zero-order valence-corrected chi connectivity index (χ0v) is 6.56. The van der Waals surface area contributed by atoms with E-state index in [2.05, 4.69) is 6.58 Å². The predicted octanol–water partition coefficient (Wildman–Crippen LogP) is 0.387. The van der Waals surface area contributed by atoms with Gasteiger partial charge in [0.25, 0.3) is 0 Å². The Kier molecular flexibility index (Phi) is 1.27. The van der Waals surface area contributed by atoms with Gasteiger partial charge in [0.1, 0.15) is 6.10 Å². The summed E-state index contributed by atoms with van der Waals surface area (Å²) in [6.07, 6.45) is 0.602. The first-order valence-electron chi connectivity index (χ1n) is 4.08. The second-order valence-electron chi connectivity index (χ2n) is 3.28. The van der Waals surface area contributed by atoms with Crippen LogP contribution in [0.5, 0.6) is 0 Å². The van der Waals surface area contributed by atoms with Crippen LogP contribution in [-0.4, -0.2) is 31.4 Å². The molecule has 3 rings (SSSR count). The van der Waals surface area contributed by atoms with Gasteiger partial charge in [0, 0.05) is 6.42 Å². The molecule has 66 valence electrons. The van der Waals surface area contributed by atoms with E-state index in [1.807, 2.05) is 0 Å². The van der Waals surface area contributed by atoms with Crippen molar-refractivity contribution in [2.24, 2.45) is 0 Å². The summed E-state index contributed by atoms with van der Waals surface area (Å²) in [6, 6.07) is 0. The molecule has 12 heavy (non-hydrogen) atoms. The molecule has 3 fully saturated rings. The van der Waals surface area contributed by atoms with Crippen LogP contribution in [0.2, 0.25) is 0 Å². The van der Waals surface area contributed by atoms with Crippen LogP contribution in [0.25, 0.3) is 0 Å². The predicted molar refractivity (Wildman–Crippen MR) is 38.1 cm³/mol. The number of hydrogen-bond donors (Lipinski definition) is 0. The fraction of sp³-hybridized carbons (Fsp3) is 0.750. The lowest BCUT2D eigenvalue weighted by molar-refractivity contribution is -0.117. The van der Waals surface area contributed by atoms with Gasteiger partial charge in [-0.1, -0.05) is 6.58 Å². The van der Waals surface area contributed by atoms with E-state index in [-0.39, 0.29) is 24.6 Å². The topological polar surface area (TPSA) is 36.9 Å². The molecular weight excluding hydrogens is 160 g/mol. The Balaban J connectivity index is 1.84. The summed E-state index contributed by atoms with van der Waals surface area (Å²) in [5.74, 6) is 0.791. The Morgan fingerprint density at radius 1 is 1.25 bits per heavy atom. The fourth-order valence-corrected chi connectivity index (χ4v) is 1.96. The van der Waals surface area contributed by atoms with Gasteiger partial charge in [-0.2, -0.15) is 0 Å². The third kappa shape index (κ3) is 0.772. The molecular formula is C8H10O4. The summed E-state index contributed by atoms with van der Waals surface area (Å²) in [7, 11) is 0. The van der Waals surface area contributed by atoms with Crippen LogP contribution in [-0.2, 0) is 18.9 Å². The maximum absolute atomic E-state index is 5.55. The Labute approximate surface area is 70.0 Å². The largest absolute Gasteiger partial charge is 0.490 e. The van der Waals surface area contributed by atoms with Crippen LogP contribution in [0, 0.1) is 0 Å². The first kappa shape index (κ1) is 6.88. The van der Waals surface area contributed by atoms with Crippen molar-refractivity contribution in [1.29, 1.82) is 0 Å². The van der Waals surface area contributed by atoms with Crippen molar-refractivity contribution < 1.29 is 18.9 Å². The van der Waals surface area contributed by atoms with Gasteiger partial charge in [0.05, 0.1) is 5.76 Å². The summed E-state index contributed by atoms with van der Waals surface area (Å²) in [5.41, 5.74) is 0. The average molecular weight is 170 g/mol. The second-order valence-corrected chi connectivity index (χ2v) is 3.28. The second kappa shape index (κ2) is 2.22. The van der Waals surface area contributed by atoms with Crippen molar-refractivity contribution in [3.05, 3.63) is 12.3 Å². The first-order valence-corrected chi connectivity index (χ1v) is 4.08. The van der Waals surface area contributed by atoms with Crippen LogP contribution in [0.4, 0.5) is 0 Å². The monoisotopic (exact) mass is 170 g/mol. The van der Waals surface area contributed by atoms with Crippen molar-refractivity contribution in [3.63, 3.8) is 0 Å². The van der Waals surface area contributed by atoms with Crippen LogP contribution < -0.4 is 0 Å². The van der Waals surface area contributed by atoms with E-state index in [0.29, 0.717) is 6.79 Å². The molecule has 0 spiro atoms. The number of ether oxygens (including phenoxy) is 4. The third-order valence-corrected chi connectivity index (χ3v) is 2.49. The maximum atomic E-state index is 5.55. The van der Waals surface area contributed by atoms with E-state index in [9.17, 15) is 0 Å². The van der Waals surface area contributed by atoms with Gasteiger partial charge in [-0.3, -0.25) is 0 Å². The van der Waals surface area contributed by atoms with Crippen molar-refractivity contribution in [3.8, 4) is 0 Å². The van der Waals surface area contributed by atoms with E-state index in [0.717, 1.165) is 12.2 Å². The highest BCUT2D eigenvalue weighted by molar-refractivity contribution is 5.05. The zero-order chi connectivity index (χ0) is 8.13. The Hall–Kier alpha value is -0.580. The van der Waals surface area contributed by atoms with Crippen LogP contribution >= 0.6 is 0 Å². The van der Waals surface area contributed by atoms with Crippen molar-refractivity contribution in [2.45, 2.75) is 31.0 Å². The summed E-state index contributed by atoms with van der Waals surface area (Å²) in [6.45, 7) is 4.07. The van der Waals surface area contributed by atoms with E-state index < -0.39 is 0 Å². The lowest BCUT2D eigenvalue weighted by Gasteiger charge is -2.12. The molecule has 0 aromatic carbocycles. The SMILES string of the molecule is C=C1CC2OC3OCOC3C2O1. The Morgan fingerprint density at radius 3 is 3.08 bits per heavy atom. The molecule has 0 aromatic rings. The molecule has 0 radical (unpaired) electrons. The molecule has 3 aliphatic rings. The Bertz CT molecular complexity index is 227. The highest BCUT2D eigenvalue weighted by atomic mass is 16.8. The molecule has 0 N–H and O–H groups in total. The molecule has 0 amide bonds. The van der Waals surface area contributed by atoms with Crippen molar-refractivity contribution >= 4 is 0 Å². The standard InChI is InChI=1S/C8H10O4/c1-4-2-5-6(11-4)7-8(12-5)10-3-9-7/h5-8H,1-3H2. The smallest absolute Gasteiger partial charge is 0.190 e. The van der Waals surface area contributed by atoms with Gasteiger partial charge < -0.3 is 18.9 Å². The zero-order valence-electron chi connectivity index (χ0n) is 6.56.